The average Bonchev–Trinajstić information content (AvgIpc) is 2.82. The summed E-state index contributed by atoms with van der Waals surface area (Å²) < 4.78 is 0. The van der Waals surface area contributed by atoms with Crippen LogP contribution in [0, 0.1) is 11.5 Å². The second-order valence-electron chi connectivity index (χ2n) is 5.61. The van der Waals surface area contributed by atoms with Crippen molar-refractivity contribution in [2.75, 3.05) is 5.75 Å². The third kappa shape index (κ3) is 5.58. The first-order valence-electron chi connectivity index (χ1n) is 6.59. The predicted molar refractivity (Wildman–Crippen MR) is 92.3 cm³/mol. The Hall–Kier alpha value is -1.84. The number of nitrogens with zero attached hydrogens (tertiary/aromatic N) is 2. The van der Waals surface area contributed by atoms with Crippen LogP contribution in [0.4, 0.5) is 0 Å². The van der Waals surface area contributed by atoms with Crippen LogP contribution in [0.15, 0.2) is 34.5 Å². The fraction of sp³-hybridized carbons (Fsp3) is 0.267. The molecule has 1 aliphatic rings. The molecule has 0 bridgehead atoms. The molecule has 1 fully saturated rings. The van der Waals surface area contributed by atoms with Crippen molar-refractivity contribution in [1.29, 1.82) is 0 Å². The van der Waals surface area contributed by atoms with Gasteiger partial charge in [-0.2, -0.15) is 5.10 Å². The molecule has 1 aromatic carbocycles. The first-order chi connectivity index (χ1) is 9.92. The quantitative estimate of drug-likeness (QED) is 0.394. The van der Waals surface area contributed by atoms with Gasteiger partial charge in [-0.25, -0.2) is 0 Å². The molecule has 0 saturated carbocycles. The molecule has 0 atom stereocenters. The van der Waals surface area contributed by atoms with Gasteiger partial charge in [0, 0.05) is 5.56 Å². The molecule has 21 heavy (non-hydrogen) atoms. The van der Waals surface area contributed by atoms with Crippen molar-refractivity contribution in [2.24, 2.45) is 10.2 Å². The van der Waals surface area contributed by atoms with Crippen LogP contribution in [0.5, 0.6) is 0 Å². The highest BCUT2D eigenvalue weighted by Gasteiger charge is 2.15. The molecule has 1 amide bonds. The highest BCUT2D eigenvalue weighted by atomic mass is 32.2. The summed E-state index contributed by atoms with van der Waals surface area (Å²) in [5.41, 5.74) is 5.26. The van der Waals surface area contributed by atoms with Crippen LogP contribution in [0.2, 0.25) is 19.6 Å². The lowest BCUT2D eigenvalue weighted by molar-refractivity contribution is -0.116. The fourth-order valence-electron chi connectivity index (χ4n) is 1.48. The number of rotatable bonds is 2. The molecular formula is C15H17N3OSSi. The molecule has 1 heterocycles. The van der Waals surface area contributed by atoms with Crippen molar-refractivity contribution in [3.05, 3.63) is 35.4 Å². The van der Waals surface area contributed by atoms with E-state index in [1.165, 1.54) is 11.8 Å². The molecule has 0 aliphatic carbocycles. The van der Waals surface area contributed by atoms with Crippen molar-refractivity contribution in [3.8, 4) is 11.5 Å². The van der Waals surface area contributed by atoms with Crippen LogP contribution >= 0.6 is 11.8 Å². The Morgan fingerprint density at radius 3 is 2.86 bits per heavy atom. The normalized spacial score (nSPS) is 16.9. The number of benzene rings is 1. The summed E-state index contributed by atoms with van der Waals surface area (Å²) >= 11 is 1.36. The third-order valence-corrected chi connectivity index (χ3v) is 4.15. The molecular weight excluding hydrogens is 298 g/mol. The molecule has 108 valence electrons. The number of nitrogens with one attached hydrogen (secondary N) is 1. The van der Waals surface area contributed by atoms with Gasteiger partial charge < -0.3 is 5.32 Å². The molecule has 4 nitrogen and oxygen atoms in total. The number of amides is 1. The maximum Gasteiger partial charge on any atom is 0.236 e. The number of amidine groups is 1. The molecule has 0 radical (unpaired) electrons. The summed E-state index contributed by atoms with van der Waals surface area (Å²) in [4.78, 5) is 11.0. The van der Waals surface area contributed by atoms with Gasteiger partial charge >= 0.3 is 0 Å². The Morgan fingerprint density at radius 1 is 1.38 bits per heavy atom. The van der Waals surface area contributed by atoms with Gasteiger partial charge in [-0.15, -0.1) is 10.6 Å². The fourth-order valence-corrected chi connectivity index (χ4v) is 2.63. The van der Waals surface area contributed by atoms with E-state index in [9.17, 15) is 4.79 Å². The Morgan fingerprint density at radius 2 is 2.19 bits per heavy atom. The second kappa shape index (κ2) is 6.74. The maximum atomic E-state index is 11.0. The molecule has 6 heteroatoms. The SMILES string of the molecule is C[Si](C)(C)C#Cc1cccc(C=NN=C2NC(=O)CS2)c1. The largest absolute Gasteiger partial charge is 0.303 e. The lowest BCUT2D eigenvalue weighted by Crippen LogP contribution is -2.19. The minimum atomic E-state index is -1.37. The highest BCUT2D eigenvalue weighted by Crippen LogP contribution is 2.09. The van der Waals surface area contributed by atoms with Crippen molar-refractivity contribution in [1.82, 2.24) is 5.32 Å². The molecule has 1 N–H and O–H groups in total. The van der Waals surface area contributed by atoms with Crippen LogP contribution in [0.3, 0.4) is 0 Å². The van der Waals surface area contributed by atoms with Gasteiger partial charge in [-0.1, -0.05) is 49.5 Å². The number of thioether (sulfide) groups is 1. The van der Waals surface area contributed by atoms with Gasteiger partial charge in [0.2, 0.25) is 5.91 Å². The van der Waals surface area contributed by atoms with E-state index in [0.717, 1.165) is 11.1 Å². The van der Waals surface area contributed by atoms with E-state index in [1.807, 2.05) is 24.3 Å². The zero-order chi connectivity index (χ0) is 15.3. The molecule has 0 unspecified atom stereocenters. The zero-order valence-corrected chi connectivity index (χ0v) is 14.1. The molecule has 2 rings (SSSR count). The van der Waals surface area contributed by atoms with E-state index >= 15 is 0 Å². The van der Waals surface area contributed by atoms with Gasteiger partial charge in [0.15, 0.2) is 5.17 Å². The second-order valence-corrected chi connectivity index (χ2v) is 11.3. The first-order valence-corrected chi connectivity index (χ1v) is 11.1. The minimum Gasteiger partial charge on any atom is -0.303 e. The molecule has 0 spiro atoms. The van der Waals surface area contributed by atoms with Crippen LogP contribution in [-0.2, 0) is 4.79 Å². The van der Waals surface area contributed by atoms with Crippen LogP contribution < -0.4 is 5.32 Å². The lowest BCUT2D eigenvalue weighted by Gasteiger charge is -2.03. The van der Waals surface area contributed by atoms with E-state index in [2.05, 4.69) is 46.6 Å². The number of carbonyl (C=O) groups excluding carboxylic acids is 1. The lowest BCUT2D eigenvalue weighted by atomic mass is 10.1. The van der Waals surface area contributed by atoms with Crippen molar-refractivity contribution in [3.63, 3.8) is 0 Å². The smallest absolute Gasteiger partial charge is 0.236 e. The van der Waals surface area contributed by atoms with Crippen LogP contribution in [0.25, 0.3) is 0 Å². The van der Waals surface area contributed by atoms with E-state index in [1.54, 1.807) is 6.21 Å². The number of hydrogen-bond donors (Lipinski definition) is 1. The number of hydrogen-bond acceptors (Lipinski definition) is 4. The average molecular weight is 315 g/mol. The summed E-state index contributed by atoms with van der Waals surface area (Å²) in [7, 11) is -1.37. The van der Waals surface area contributed by atoms with Crippen molar-refractivity contribution in [2.45, 2.75) is 19.6 Å². The Bertz CT molecular complexity index is 665. The Kier molecular flexibility index (Phi) is 4.99. The maximum absolute atomic E-state index is 11.0. The zero-order valence-electron chi connectivity index (χ0n) is 12.3. The van der Waals surface area contributed by atoms with Gasteiger partial charge in [-0.3, -0.25) is 4.79 Å². The molecule has 0 aromatic heterocycles. The van der Waals surface area contributed by atoms with Crippen molar-refractivity contribution >= 4 is 37.1 Å². The summed E-state index contributed by atoms with van der Waals surface area (Å²) in [6.45, 7) is 6.65. The van der Waals surface area contributed by atoms with Gasteiger partial charge in [0.05, 0.1) is 12.0 Å². The Labute approximate surface area is 130 Å². The molecule has 1 aliphatic heterocycles. The van der Waals surface area contributed by atoms with Crippen molar-refractivity contribution < 1.29 is 4.79 Å². The summed E-state index contributed by atoms with van der Waals surface area (Å²) in [6.07, 6.45) is 1.66. The van der Waals surface area contributed by atoms with Gasteiger partial charge in [-0.05, 0) is 17.7 Å². The van der Waals surface area contributed by atoms with E-state index in [0.29, 0.717) is 10.9 Å². The van der Waals surface area contributed by atoms with Gasteiger partial charge in [0.1, 0.15) is 8.07 Å². The molecule has 1 saturated heterocycles. The van der Waals surface area contributed by atoms with Gasteiger partial charge in [0.25, 0.3) is 0 Å². The monoisotopic (exact) mass is 315 g/mol. The van der Waals surface area contributed by atoms with Crippen LogP contribution in [-0.4, -0.2) is 31.1 Å². The highest BCUT2D eigenvalue weighted by molar-refractivity contribution is 8.15. The van der Waals surface area contributed by atoms with E-state index < -0.39 is 8.07 Å². The van der Waals surface area contributed by atoms with Crippen LogP contribution in [0.1, 0.15) is 11.1 Å². The standard InChI is InChI=1S/C15H17N3OSSi/c1-21(2,3)8-7-12-5-4-6-13(9-12)10-16-18-15-17-14(19)11-20-15/h4-6,9-10H,11H2,1-3H3,(H,17,18,19). The van der Waals surface area contributed by atoms with E-state index in [-0.39, 0.29) is 5.91 Å². The third-order valence-electron chi connectivity index (χ3n) is 2.41. The first kappa shape index (κ1) is 15.5. The number of carbonyl (C=O) groups is 1. The van der Waals surface area contributed by atoms with E-state index in [4.69, 9.17) is 0 Å². The Balaban J connectivity index is 2.07. The summed E-state index contributed by atoms with van der Waals surface area (Å²) in [5, 5.41) is 11.1. The predicted octanol–water partition coefficient (Wildman–Crippen LogP) is 2.47. The summed E-state index contributed by atoms with van der Waals surface area (Å²) in [6, 6.07) is 7.87. The minimum absolute atomic E-state index is 0.0300. The molecule has 1 aromatic rings. The summed E-state index contributed by atoms with van der Waals surface area (Å²) in [5.74, 6) is 3.60. The topological polar surface area (TPSA) is 53.8 Å².